The summed E-state index contributed by atoms with van der Waals surface area (Å²) < 4.78 is 23.5. The minimum absolute atomic E-state index is 0.0219. The van der Waals surface area contributed by atoms with Crippen molar-refractivity contribution in [2.24, 2.45) is 0 Å². The highest BCUT2D eigenvalue weighted by molar-refractivity contribution is 7.90. The average molecular weight is 305 g/mol. The van der Waals surface area contributed by atoms with Gasteiger partial charge in [-0.3, -0.25) is 4.79 Å². The number of nitrogens with two attached hydrogens (primary N) is 2. The third-order valence-corrected chi connectivity index (χ3v) is 3.96. The van der Waals surface area contributed by atoms with E-state index in [4.69, 9.17) is 11.5 Å². The summed E-state index contributed by atoms with van der Waals surface area (Å²) >= 11 is 0. The predicted molar refractivity (Wildman–Crippen MR) is 82.8 cm³/mol. The molecule has 21 heavy (non-hydrogen) atoms. The Morgan fingerprint density at radius 2 is 1.57 bits per heavy atom. The number of benzene rings is 2. The second-order valence-corrected chi connectivity index (χ2v) is 6.59. The van der Waals surface area contributed by atoms with Crippen LogP contribution in [0, 0.1) is 0 Å². The summed E-state index contributed by atoms with van der Waals surface area (Å²) in [6.07, 6.45) is 1.06. The number of hydrogen-bond donors (Lipinski definition) is 3. The number of nitrogens with one attached hydrogen (secondary N) is 1. The molecule has 7 heteroatoms. The SMILES string of the molecule is CS(=O)(=O)c1cc(N)ccc1NC(=O)c1ccc(N)cc1. The number of carbonyl (C=O) groups is 1. The number of nitrogen functional groups attached to an aromatic ring is 2. The third-order valence-electron chi connectivity index (χ3n) is 2.83. The quantitative estimate of drug-likeness (QED) is 0.743. The summed E-state index contributed by atoms with van der Waals surface area (Å²) in [7, 11) is -3.51. The Hall–Kier alpha value is -2.54. The van der Waals surface area contributed by atoms with Crippen LogP contribution >= 0.6 is 0 Å². The van der Waals surface area contributed by atoms with Gasteiger partial charge in [-0.2, -0.15) is 0 Å². The molecule has 2 rings (SSSR count). The fourth-order valence-corrected chi connectivity index (χ4v) is 2.65. The molecule has 0 saturated heterocycles. The monoisotopic (exact) mass is 305 g/mol. The normalized spacial score (nSPS) is 11.1. The molecule has 0 unspecified atom stereocenters. The van der Waals surface area contributed by atoms with Crippen molar-refractivity contribution in [2.45, 2.75) is 4.90 Å². The molecule has 0 spiro atoms. The van der Waals surface area contributed by atoms with E-state index in [-0.39, 0.29) is 10.6 Å². The highest BCUT2D eigenvalue weighted by Crippen LogP contribution is 2.24. The van der Waals surface area contributed by atoms with Crippen LogP contribution < -0.4 is 16.8 Å². The van der Waals surface area contributed by atoms with E-state index in [2.05, 4.69) is 5.32 Å². The maximum absolute atomic E-state index is 12.1. The van der Waals surface area contributed by atoms with Crippen molar-refractivity contribution in [3.8, 4) is 0 Å². The molecule has 0 aromatic heterocycles. The molecule has 0 radical (unpaired) electrons. The van der Waals surface area contributed by atoms with Crippen LogP contribution in [0.2, 0.25) is 0 Å². The predicted octanol–water partition coefficient (Wildman–Crippen LogP) is 1.51. The summed E-state index contributed by atoms with van der Waals surface area (Å²) in [6, 6.07) is 10.6. The zero-order valence-electron chi connectivity index (χ0n) is 11.3. The lowest BCUT2D eigenvalue weighted by molar-refractivity contribution is 0.102. The van der Waals surface area contributed by atoms with Crippen LogP contribution in [-0.2, 0) is 9.84 Å². The molecule has 110 valence electrons. The Bertz CT molecular complexity index is 784. The van der Waals surface area contributed by atoms with Gasteiger partial charge in [0, 0.05) is 23.2 Å². The molecular weight excluding hydrogens is 290 g/mol. The summed E-state index contributed by atoms with van der Waals surface area (Å²) in [4.78, 5) is 12.1. The first kappa shape index (κ1) is 14.9. The van der Waals surface area contributed by atoms with E-state index in [9.17, 15) is 13.2 Å². The maximum atomic E-state index is 12.1. The van der Waals surface area contributed by atoms with E-state index in [1.165, 1.54) is 18.2 Å². The Labute approximate surface area is 122 Å². The molecule has 0 aliphatic carbocycles. The molecule has 0 fully saturated rings. The van der Waals surface area contributed by atoms with E-state index in [1.807, 2.05) is 0 Å². The lowest BCUT2D eigenvalue weighted by Gasteiger charge is -2.11. The minimum atomic E-state index is -3.51. The molecule has 6 nitrogen and oxygen atoms in total. The third kappa shape index (κ3) is 3.51. The smallest absolute Gasteiger partial charge is 0.255 e. The molecule has 0 bridgehead atoms. The van der Waals surface area contributed by atoms with Crippen molar-refractivity contribution in [1.82, 2.24) is 0 Å². The Balaban J connectivity index is 2.36. The summed E-state index contributed by atoms with van der Waals surface area (Å²) in [6.45, 7) is 0. The summed E-state index contributed by atoms with van der Waals surface area (Å²) in [5.74, 6) is -0.426. The molecule has 0 aliphatic heterocycles. The van der Waals surface area contributed by atoms with Gasteiger partial charge in [0.25, 0.3) is 5.91 Å². The number of sulfone groups is 1. The summed E-state index contributed by atoms with van der Waals surface area (Å²) in [5, 5.41) is 2.57. The Morgan fingerprint density at radius 1 is 1.00 bits per heavy atom. The van der Waals surface area contributed by atoms with Crippen molar-refractivity contribution in [3.05, 3.63) is 48.0 Å². The summed E-state index contributed by atoms with van der Waals surface area (Å²) in [5.41, 5.74) is 12.6. The van der Waals surface area contributed by atoms with E-state index in [0.717, 1.165) is 6.26 Å². The Kier molecular flexibility index (Phi) is 3.86. The Morgan fingerprint density at radius 3 is 2.14 bits per heavy atom. The van der Waals surface area contributed by atoms with Crippen molar-refractivity contribution < 1.29 is 13.2 Å². The fourth-order valence-electron chi connectivity index (χ4n) is 1.78. The van der Waals surface area contributed by atoms with Gasteiger partial charge in [-0.25, -0.2) is 8.42 Å². The molecule has 2 aromatic rings. The molecule has 0 aliphatic rings. The van der Waals surface area contributed by atoms with Crippen LogP contribution in [0.5, 0.6) is 0 Å². The van der Waals surface area contributed by atoms with Gasteiger partial charge in [0.1, 0.15) is 0 Å². The number of carbonyl (C=O) groups excluding carboxylic acids is 1. The molecular formula is C14H15N3O3S. The number of anilines is 3. The molecule has 5 N–H and O–H groups in total. The first-order valence-corrected chi connectivity index (χ1v) is 7.93. The first-order valence-electron chi connectivity index (χ1n) is 6.04. The fraction of sp³-hybridized carbons (Fsp3) is 0.0714. The standard InChI is InChI=1S/C14H15N3O3S/c1-21(19,20)13-8-11(16)6-7-12(13)17-14(18)9-2-4-10(15)5-3-9/h2-8H,15-16H2,1H3,(H,17,18). The second kappa shape index (κ2) is 5.45. The lowest BCUT2D eigenvalue weighted by Crippen LogP contribution is -2.14. The molecule has 0 heterocycles. The zero-order chi connectivity index (χ0) is 15.6. The minimum Gasteiger partial charge on any atom is -0.399 e. The molecule has 0 atom stereocenters. The van der Waals surface area contributed by atoms with Gasteiger partial charge < -0.3 is 16.8 Å². The number of hydrogen-bond acceptors (Lipinski definition) is 5. The van der Waals surface area contributed by atoms with Crippen molar-refractivity contribution >= 4 is 32.8 Å². The maximum Gasteiger partial charge on any atom is 0.255 e. The van der Waals surface area contributed by atoms with E-state index < -0.39 is 15.7 Å². The highest BCUT2D eigenvalue weighted by Gasteiger charge is 2.16. The van der Waals surface area contributed by atoms with Crippen molar-refractivity contribution in [1.29, 1.82) is 0 Å². The van der Waals surface area contributed by atoms with E-state index in [0.29, 0.717) is 16.9 Å². The van der Waals surface area contributed by atoms with Gasteiger partial charge in [0.2, 0.25) is 0 Å². The van der Waals surface area contributed by atoms with E-state index in [1.54, 1.807) is 24.3 Å². The lowest BCUT2D eigenvalue weighted by atomic mass is 10.2. The van der Waals surface area contributed by atoms with Crippen LogP contribution in [0.4, 0.5) is 17.1 Å². The van der Waals surface area contributed by atoms with Gasteiger partial charge in [0.15, 0.2) is 9.84 Å². The van der Waals surface area contributed by atoms with Crippen LogP contribution in [0.25, 0.3) is 0 Å². The van der Waals surface area contributed by atoms with Gasteiger partial charge in [0.05, 0.1) is 10.6 Å². The second-order valence-electron chi connectivity index (χ2n) is 4.60. The van der Waals surface area contributed by atoms with Crippen LogP contribution in [-0.4, -0.2) is 20.6 Å². The van der Waals surface area contributed by atoms with Gasteiger partial charge in [-0.15, -0.1) is 0 Å². The van der Waals surface area contributed by atoms with Gasteiger partial charge in [-0.05, 0) is 42.5 Å². The number of rotatable bonds is 3. The van der Waals surface area contributed by atoms with Crippen LogP contribution in [0.15, 0.2) is 47.4 Å². The first-order chi connectivity index (χ1) is 9.77. The number of amides is 1. The topological polar surface area (TPSA) is 115 Å². The zero-order valence-corrected chi connectivity index (χ0v) is 12.1. The van der Waals surface area contributed by atoms with Crippen molar-refractivity contribution in [2.75, 3.05) is 23.0 Å². The molecule has 1 amide bonds. The molecule has 2 aromatic carbocycles. The van der Waals surface area contributed by atoms with Gasteiger partial charge in [-0.1, -0.05) is 0 Å². The van der Waals surface area contributed by atoms with Gasteiger partial charge >= 0.3 is 0 Å². The van der Waals surface area contributed by atoms with Crippen molar-refractivity contribution in [3.63, 3.8) is 0 Å². The van der Waals surface area contributed by atoms with E-state index >= 15 is 0 Å². The highest BCUT2D eigenvalue weighted by atomic mass is 32.2. The van der Waals surface area contributed by atoms with Crippen LogP contribution in [0.1, 0.15) is 10.4 Å². The largest absolute Gasteiger partial charge is 0.399 e. The van der Waals surface area contributed by atoms with Crippen LogP contribution in [0.3, 0.4) is 0 Å². The molecule has 0 saturated carbocycles. The average Bonchev–Trinajstić information content (AvgIpc) is 2.40.